The molecule has 1 aromatic carbocycles. The van der Waals surface area contributed by atoms with Gasteiger partial charge in [-0.05, 0) is 30.7 Å². The number of nitrogens with zero attached hydrogens (tertiary/aromatic N) is 1. The third-order valence-electron chi connectivity index (χ3n) is 3.02. The molecule has 0 spiro atoms. The van der Waals surface area contributed by atoms with E-state index in [1.165, 1.54) is 0 Å². The van der Waals surface area contributed by atoms with Crippen molar-refractivity contribution >= 4 is 17.9 Å². The van der Waals surface area contributed by atoms with E-state index in [1.54, 1.807) is 6.07 Å². The zero-order chi connectivity index (χ0) is 11.1. The lowest BCUT2D eigenvalue weighted by Gasteiger charge is -2.19. The molecule has 1 aliphatic rings. The van der Waals surface area contributed by atoms with Crippen LogP contribution in [0.4, 0.5) is 5.69 Å². The minimum Gasteiger partial charge on any atom is -0.429 e. The summed E-state index contributed by atoms with van der Waals surface area (Å²) >= 11 is 0. The molecule has 78 valence electrons. The van der Waals surface area contributed by atoms with Gasteiger partial charge in [-0.3, -0.25) is 9.79 Å². The highest BCUT2D eigenvalue weighted by Crippen LogP contribution is 2.41. The molecule has 0 bridgehead atoms. The summed E-state index contributed by atoms with van der Waals surface area (Å²) in [6.45, 7) is 6.68. The van der Waals surface area contributed by atoms with Gasteiger partial charge in [0, 0.05) is 11.1 Å². The SMILES string of the molecule is CC1=Nc2ccc(OC=O)cc2C1(C)C. The van der Waals surface area contributed by atoms with E-state index >= 15 is 0 Å². The van der Waals surface area contributed by atoms with Gasteiger partial charge in [0.15, 0.2) is 0 Å². The van der Waals surface area contributed by atoms with Crippen LogP contribution in [0.5, 0.6) is 5.75 Å². The Morgan fingerprint density at radius 3 is 2.80 bits per heavy atom. The first-order valence-electron chi connectivity index (χ1n) is 4.86. The lowest BCUT2D eigenvalue weighted by molar-refractivity contribution is -0.120. The van der Waals surface area contributed by atoms with E-state index in [2.05, 4.69) is 18.8 Å². The Morgan fingerprint density at radius 2 is 2.13 bits per heavy atom. The largest absolute Gasteiger partial charge is 0.429 e. The van der Waals surface area contributed by atoms with Crippen LogP contribution in [0.2, 0.25) is 0 Å². The van der Waals surface area contributed by atoms with Crippen molar-refractivity contribution in [1.29, 1.82) is 0 Å². The molecular formula is C12H13NO2. The molecule has 0 N–H and O–H groups in total. The molecule has 0 aliphatic carbocycles. The molecular weight excluding hydrogens is 190 g/mol. The van der Waals surface area contributed by atoms with E-state index in [0.29, 0.717) is 12.2 Å². The summed E-state index contributed by atoms with van der Waals surface area (Å²) in [5, 5.41) is 0. The van der Waals surface area contributed by atoms with Crippen LogP contribution in [0.3, 0.4) is 0 Å². The number of benzene rings is 1. The molecule has 0 fully saturated rings. The van der Waals surface area contributed by atoms with Crippen molar-refractivity contribution in [3.8, 4) is 5.75 Å². The summed E-state index contributed by atoms with van der Waals surface area (Å²) in [4.78, 5) is 14.7. The molecule has 3 nitrogen and oxygen atoms in total. The number of fused-ring (bicyclic) bond motifs is 1. The third kappa shape index (κ3) is 1.44. The van der Waals surface area contributed by atoms with Crippen LogP contribution in [0.1, 0.15) is 26.3 Å². The third-order valence-corrected chi connectivity index (χ3v) is 3.02. The second kappa shape index (κ2) is 3.19. The first kappa shape index (κ1) is 9.90. The number of aliphatic imine (C=N–C) groups is 1. The average Bonchev–Trinajstić information content (AvgIpc) is 2.40. The molecule has 0 atom stereocenters. The Hall–Kier alpha value is -1.64. The van der Waals surface area contributed by atoms with Crippen LogP contribution in [0, 0.1) is 0 Å². The van der Waals surface area contributed by atoms with Crippen molar-refractivity contribution in [1.82, 2.24) is 0 Å². The summed E-state index contributed by atoms with van der Waals surface area (Å²) in [7, 11) is 0. The predicted molar refractivity (Wildman–Crippen MR) is 58.9 cm³/mol. The topological polar surface area (TPSA) is 38.7 Å². The molecule has 3 heteroatoms. The minimum atomic E-state index is -0.0718. The van der Waals surface area contributed by atoms with Crippen LogP contribution in [0.25, 0.3) is 0 Å². The van der Waals surface area contributed by atoms with Crippen molar-refractivity contribution in [2.24, 2.45) is 4.99 Å². The summed E-state index contributed by atoms with van der Waals surface area (Å²) in [6, 6.07) is 5.52. The van der Waals surface area contributed by atoms with Gasteiger partial charge >= 0.3 is 0 Å². The van der Waals surface area contributed by atoms with Crippen LogP contribution < -0.4 is 4.74 Å². The van der Waals surface area contributed by atoms with Gasteiger partial charge in [0.25, 0.3) is 6.47 Å². The van der Waals surface area contributed by atoms with E-state index in [9.17, 15) is 4.79 Å². The maximum absolute atomic E-state index is 10.2. The first-order valence-corrected chi connectivity index (χ1v) is 4.86. The van der Waals surface area contributed by atoms with Gasteiger partial charge in [-0.1, -0.05) is 13.8 Å². The number of hydrogen-bond donors (Lipinski definition) is 0. The van der Waals surface area contributed by atoms with Crippen molar-refractivity contribution in [2.45, 2.75) is 26.2 Å². The number of rotatable bonds is 2. The summed E-state index contributed by atoms with van der Waals surface area (Å²) < 4.78 is 4.83. The predicted octanol–water partition coefficient (Wildman–Crippen LogP) is 2.61. The van der Waals surface area contributed by atoms with Gasteiger partial charge in [-0.25, -0.2) is 0 Å². The molecule has 0 amide bonds. The van der Waals surface area contributed by atoms with Gasteiger partial charge in [-0.2, -0.15) is 0 Å². The number of ether oxygens (including phenoxy) is 1. The van der Waals surface area contributed by atoms with Crippen LogP contribution >= 0.6 is 0 Å². The Kier molecular flexibility index (Phi) is 2.11. The molecule has 0 saturated heterocycles. The average molecular weight is 203 g/mol. The number of hydrogen-bond acceptors (Lipinski definition) is 3. The molecule has 1 heterocycles. The van der Waals surface area contributed by atoms with Crippen molar-refractivity contribution in [3.05, 3.63) is 23.8 Å². The summed E-state index contributed by atoms with van der Waals surface area (Å²) in [6.07, 6.45) is 0. The fourth-order valence-corrected chi connectivity index (χ4v) is 1.76. The van der Waals surface area contributed by atoms with Crippen molar-refractivity contribution < 1.29 is 9.53 Å². The van der Waals surface area contributed by atoms with E-state index < -0.39 is 0 Å². The van der Waals surface area contributed by atoms with Crippen molar-refractivity contribution in [2.75, 3.05) is 0 Å². The molecule has 2 rings (SSSR count). The maximum Gasteiger partial charge on any atom is 0.298 e. The molecule has 0 aromatic heterocycles. The van der Waals surface area contributed by atoms with Gasteiger partial charge in [0.1, 0.15) is 5.75 Å². The minimum absolute atomic E-state index is 0.0718. The standard InChI is InChI=1S/C12H13NO2/c1-8-12(2,3)10-6-9(15-7-14)4-5-11(10)13-8/h4-7H,1-3H3. The molecule has 15 heavy (non-hydrogen) atoms. The zero-order valence-corrected chi connectivity index (χ0v) is 9.07. The Bertz CT molecular complexity index is 447. The van der Waals surface area contributed by atoms with Crippen LogP contribution in [0.15, 0.2) is 23.2 Å². The number of carbonyl (C=O) groups is 1. The summed E-state index contributed by atoms with van der Waals surface area (Å²) in [5.74, 6) is 0.571. The van der Waals surface area contributed by atoms with E-state index in [0.717, 1.165) is 17.0 Å². The quantitative estimate of drug-likeness (QED) is 0.693. The summed E-state index contributed by atoms with van der Waals surface area (Å²) in [5.41, 5.74) is 3.09. The lowest BCUT2D eigenvalue weighted by Crippen LogP contribution is -2.22. The first-order chi connectivity index (χ1) is 7.05. The van der Waals surface area contributed by atoms with Gasteiger partial charge in [0.05, 0.1) is 5.69 Å². The highest BCUT2D eigenvalue weighted by atomic mass is 16.5. The fraction of sp³-hybridized carbons (Fsp3) is 0.333. The van der Waals surface area contributed by atoms with E-state index in [-0.39, 0.29) is 5.41 Å². The maximum atomic E-state index is 10.2. The Labute approximate surface area is 88.8 Å². The lowest BCUT2D eigenvalue weighted by atomic mass is 9.82. The molecule has 0 radical (unpaired) electrons. The molecule has 0 saturated carbocycles. The molecule has 1 aromatic rings. The zero-order valence-electron chi connectivity index (χ0n) is 9.07. The second-order valence-electron chi connectivity index (χ2n) is 4.22. The fourth-order valence-electron chi connectivity index (χ4n) is 1.76. The van der Waals surface area contributed by atoms with Gasteiger partial charge in [-0.15, -0.1) is 0 Å². The monoisotopic (exact) mass is 203 g/mol. The van der Waals surface area contributed by atoms with Gasteiger partial charge < -0.3 is 4.74 Å². The smallest absolute Gasteiger partial charge is 0.298 e. The highest BCUT2D eigenvalue weighted by Gasteiger charge is 2.32. The molecule has 0 unspecified atom stereocenters. The molecule has 1 aliphatic heterocycles. The van der Waals surface area contributed by atoms with E-state index in [4.69, 9.17) is 4.74 Å². The van der Waals surface area contributed by atoms with Crippen LogP contribution in [-0.2, 0) is 10.2 Å². The van der Waals surface area contributed by atoms with Gasteiger partial charge in [0.2, 0.25) is 0 Å². The Balaban J connectivity index is 2.50. The highest BCUT2D eigenvalue weighted by molar-refractivity contribution is 5.99. The number of carbonyl (C=O) groups excluding carboxylic acids is 1. The van der Waals surface area contributed by atoms with Crippen LogP contribution in [-0.4, -0.2) is 12.2 Å². The van der Waals surface area contributed by atoms with E-state index in [1.807, 2.05) is 19.1 Å². The van der Waals surface area contributed by atoms with Crippen molar-refractivity contribution in [3.63, 3.8) is 0 Å². The normalized spacial score (nSPS) is 16.9. The second-order valence-corrected chi connectivity index (χ2v) is 4.22. The Morgan fingerprint density at radius 1 is 1.40 bits per heavy atom.